The third-order valence-corrected chi connectivity index (χ3v) is 3.29. The maximum Gasteiger partial charge on any atom is 0.123 e. The summed E-state index contributed by atoms with van der Waals surface area (Å²) in [6, 6.07) is 6.50. The molecule has 108 valence electrons. The number of aliphatic hydroxyl groups is 1. The van der Waals surface area contributed by atoms with Crippen molar-refractivity contribution in [3.63, 3.8) is 0 Å². The molecule has 0 aromatic heterocycles. The highest BCUT2D eigenvalue weighted by Crippen LogP contribution is 2.22. The van der Waals surface area contributed by atoms with Crippen LogP contribution in [0.3, 0.4) is 0 Å². The molecule has 0 aliphatic heterocycles. The van der Waals surface area contributed by atoms with Crippen LogP contribution >= 0.6 is 0 Å². The smallest absolute Gasteiger partial charge is 0.123 e. The van der Waals surface area contributed by atoms with Crippen LogP contribution in [0, 0.1) is 0 Å². The van der Waals surface area contributed by atoms with Crippen LogP contribution in [-0.4, -0.2) is 36.3 Å². The van der Waals surface area contributed by atoms with E-state index in [2.05, 4.69) is 24.8 Å². The number of hydrogen-bond donors (Lipinski definition) is 2. The lowest BCUT2D eigenvalue weighted by Gasteiger charge is -2.27. The van der Waals surface area contributed by atoms with E-state index in [1.807, 2.05) is 12.1 Å². The van der Waals surface area contributed by atoms with Crippen molar-refractivity contribution < 1.29 is 9.84 Å². The predicted molar refractivity (Wildman–Crippen MR) is 78.1 cm³/mol. The first-order chi connectivity index (χ1) is 9.12. The summed E-state index contributed by atoms with van der Waals surface area (Å²) in [6.07, 6.45) is 0.789. The third-order valence-electron chi connectivity index (χ3n) is 3.29. The number of methoxy groups -OCH3 is 1. The highest BCUT2D eigenvalue weighted by atomic mass is 16.5. The summed E-state index contributed by atoms with van der Waals surface area (Å²) in [4.78, 5) is 2.33. The van der Waals surface area contributed by atoms with Crippen molar-refractivity contribution in [3.05, 3.63) is 29.3 Å². The van der Waals surface area contributed by atoms with Crippen LogP contribution in [0.25, 0.3) is 0 Å². The van der Waals surface area contributed by atoms with Crippen LogP contribution < -0.4 is 10.5 Å². The lowest BCUT2D eigenvalue weighted by Crippen LogP contribution is -2.32. The Morgan fingerprint density at radius 3 is 2.63 bits per heavy atom. The molecular formula is C15H26N2O2. The van der Waals surface area contributed by atoms with Crippen molar-refractivity contribution in [2.75, 3.05) is 20.3 Å². The summed E-state index contributed by atoms with van der Waals surface area (Å²) in [5.41, 5.74) is 7.96. The summed E-state index contributed by atoms with van der Waals surface area (Å²) in [5.74, 6) is 0.895. The second-order valence-electron chi connectivity index (χ2n) is 4.99. The zero-order valence-corrected chi connectivity index (χ0v) is 12.2. The van der Waals surface area contributed by atoms with Gasteiger partial charge in [-0.2, -0.15) is 0 Å². The molecule has 0 saturated carbocycles. The average Bonchev–Trinajstić information content (AvgIpc) is 2.42. The maximum absolute atomic E-state index is 8.98. The van der Waals surface area contributed by atoms with Gasteiger partial charge in [-0.1, -0.05) is 6.07 Å². The van der Waals surface area contributed by atoms with Gasteiger partial charge in [0.2, 0.25) is 0 Å². The summed E-state index contributed by atoms with van der Waals surface area (Å²) in [7, 11) is 1.69. The summed E-state index contributed by atoms with van der Waals surface area (Å²) in [5, 5.41) is 8.98. The van der Waals surface area contributed by atoms with E-state index in [0.717, 1.165) is 36.4 Å². The number of rotatable bonds is 8. The van der Waals surface area contributed by atoms with Crippen LogP contribution in [-0.2, 0) is 13.1 Å². The molecule has 0 aliphatic rings. The van der Waals surface area contributed by atoms with Crippen molar-refractivity contribution in [1.29, 1.82) is 0 Å². The highest BCUT2D eigenvalue weighted by Gasteiger charge is 2.13. The Hall–Kier alpha value is -1.10. The van der Waals surface area contributed by atoms with Gasteiger partial charge in [-0.05, 0) is 38.0 Å². The fourth-order valence-corrected chi connectivity index (χ4v) is 2.09. The Morgan fingerprint density at radius 1 is 1.37 bits per heavy atom. The molecule has 4 heteroatoms. The van der Waals surface area contributed by atoms with Gasteiger partial charge in [0.25, 0.3) is 0 Å². The molecule has 0 saturated heterocycles. The number of ether oxygens (including phenoxy) is 1. The lowest BCUT2D eigenvalue weighted by atomic mass is 10.1. The number of nitrogens with zero attached hydrogens (tertiary/aromatic N) is 1. The van der Waals surface area contributed by atoms with Crippen LogP contribution in [0.4, 0.5) is 0 Å². The van der Waals surface area contributed by atoms with E-state index >= 15 is 0 Å². The lowest BCUT2D eigenvalue weighted by molar-refractivity contribution is 0.183. The van der Waals surface area contributed by atoms with Gasteiger partial charge in [0.1, 0.15) is 5.75 Å². The van der Waals surface area contributed by atoms with E-state index in [1.54, 1.807) is 7.11 Å². The van der Waals surface area contributed by atoms with Crippen LogP contribution in [0.1, 0.15) is 31.4 Å². The number of nitrogens with two attached hydrogens (primary N) is 1. The van der Waals surface area contributed by atoms with Crippen molar-refractivity contribution >= 4 is 0 Å². The first kappa shape index (κ1) is 16.0. The first-order valence-corrected chi connectivity index (χ1v) is 6.83. The largest absolute Gasteiger partial charge is 0.496 e. The molecule has 0 bridgehead atoms. The van der Waals surface area contributed by atoms with E-state index in [9.17, 15) is 0 Å². The van der Waals surface area contributed by atoms with Gasteiger partial charge in [-0.25, -0.2) is 0 Å². The van der Waals surface area contributed by atoms with E-state index in [0.29, 0.717) is 12.6 Å². The van der Waals surface area contributed by atoms with E-state index in [-0.39, 0.29) is 6.61 Å². The van der Waals surface area contributed by atoms with E-state index in [4.69, 9.17) is 15.6 Å². The molecule has 1 aromatic carbocycles. The molecule has 0 atom stereocenters. The molecule has 0 fully saturated rings. The molecule has 3 N–H and O–H groups in total. The van der Waals surface area contributed by atoms with Crippen molar-refractivity contribution in [2.45, 2.75) is 39.4 Å². The Balaban J connectivity index is 2.86. The maximum atomic E-state index is 8.98. The molecule has 1 aromatic rings. The second kappa shape index (κ2) is 8.15. The first-order valence-electron chi connectivity index (χ1n) is 6.83. The van der Waals surface area contributed by atoms with Crippen molar-refractivity contribution in [2.24, 2.45) is 5.73 Å². The molecule has 0 heterocycles. The van der Waals surface area contributed by atoms with Crippen molar-refractivity contribution in [1.82, 2.24) is 4.90 Å². The van der Waals surface area contributed by atoms with Gasteiger partial charge in [0.05, 0.1) is 7.11 Å². The Morgan fingerprint density at radius 2 is 2.11 bits per heavy atom. The molecule has 19 heavy (non-hydrogen) atoms. The van der Waals surface area contributed by atoms with Crippen LogP contribution in [0.5, 0.6) is 5.75 Å². The molecule has 0 radical (unpaired) electrons. The van der Waals surface area contributed by atoms with Gasteiger partial charge in [-0.3, -0.25) is 4.90 Å². The Bertz CT molecular complexity index is 380. The molecule has 0 aliphatic carbocycles. The minimum atomic E-state index is 0.225. The number of aliphatic hydroxyl groups excluding tert-OH is 1. The number of benzene rings is 1. The minimum Gasteiger partial charge on any atom is -0.496 e. The predicted octanol–water partition coefficient (Wildman–Crippen LogP) is 1.75. The standard InChI is InChI=1S/C15H26N2O2/c1-12(2)17(7-4-8-18)11-14-9-13(10-16)5-6-15(14)19-3/h5-6,9,12,18H,4,7-8,10-11,16H2,1-3H3. The Labute approximate surface area is 116 Å². The monoisotopic (exact) mass is 266 g/mol. The zero-order chi connectivity index (χ0) is 14.3. The molecule has 0 spiro atoms. The second-order valence-corrected chi connectivity index (χ2v) is 4.99. The van der Waals surface area contributed by atoms with Crippen molar-refractivity contribution in [3.8, 4) is 5.75 Å². The quantitative estimate of drug-likeness (QED) is 0.752. The minimum absolute atomic E-state index is 0.225. The topological polar surface area (TPSA) is 58.7 Å². The SMILES string of the molecule is COc1ccc(CN)cc1CN(CCCO)C(C)C. The summed E-state index contributed by atoms with van der Waals surface area (Å²) in [6.45, 7) is 6.78. The van der Waals surface area contributed by atoms with E-state index < -0.39 is 0 Å². The van der Waals surface area contributed by atoms with Gasteiger partial charge in [0.15, 0.2) is 0 Å². The molecule has 0 amide bonds. The summed E-state index contributed by atoms with van der Waals surface area (Å²) < 4.78 is 5.41. The highest BCUT2D eigenvalue weighted by molar-refractivity contribution is 5.37. The third kappa shape index (κ3) is 4.82. The molecular weight excluding hydrogens is 240 g/mol. The molecule has 0 unspecified atom stereocenters. The molecule has 4 nitrogen and oxygen atoms in total. The zero-order valence-electron chi connectivity index (χ0n) is 12.2. The van der Waals surface area contributed by atoms with Gasteiger partial charge in [0, 0.05) is 37.8 Å². The van der Waals surface area contributed by atoms with Gasteiger partial charge < -0.3 is 15.6 Å². The van der Waals surface area contributed by atoms with Crippen LogP contribution in [0.15, 0.2) is 18.2 Å². The summed E-state index contributed by atoms with van der Waals surface area (Å²) >= 11 is 0. The average molecular weight is 266 g/mol. The van der Waals surface area contributed by atoms with Crippen LogP contribution in [0.2, 0.25) is 0 Å². The van der Waals surface area contributed by atoms with Gasteiger partial charge >= 0.3 is 0 Å². The Kier molecular flexibility index (Phi) is 6.84. The van der Waals surface area contributed by atoms with E-state index in [1.165, 1.54) is 0 Å². The molecule has 1 rings (SSSR count). The van der Waals surface area contributed by atoms with Gasteiger partial charge in [-0.15, -0.1) is 0 Å². The number of hydrogen-bond acceptors (Lipinski definition) is 4. The normalized spacial score (nSPS) is 11.3. The fraction of sp³-hybridized carbons (Fsp3) is 0.600. The fourth-order valence-electron chi connectivity index (χ4n) is 2.09.